The molecule has 3 heterocycles. The molecule has 0 spiro atoms. The van der Waals surface area contributed by atoms with Gasteiger partial charge in [-0.2, -0.15) is 5.10 Å². The van der Waals surface area contributed by atoms with Gasteiger partial charge < -0.3 is 9.80 Å². The molecule has 1 amide bonds. The van der Waals surface area contributed by atoms with Crippen molar-refractivity contribution in [2.75, 3.05) is 26.7 Å². The summed E-state index contributed by atoms with van der Waals surface area (Å²) in [6.07, 6.45) is 6.74. The van der Waals surface area contributed by atoms with E-state index in [9.17, 15) is 4.79 Å². The number of aromatic nitrogens is 3. The number of likely N-dealkylation sites (tertiary alicyclic amines) is 1. The summed E-state index contributed by atoms with van der Waals surface area (Å²) in [5, 5.41) is 5.38. The van der Waals surface area contributed by atoms with Crippen molar-refractivity contribution in [2.45, 2.75) is 38.8 Å². The smallest absolute Gasteiger partial charge is 0.255 e. The van der Waals surface area contributed by atoms with Gasteiger partial charge in [0.05, 0.1) is 18.3 Å². The number of benzene rings is 1. The van der Waals surface area contributed by atoms with Crippen molar-refractivity contribution in [3.63, 3.8) is 0 Å². The molecule has 6 heteroatoms. The summed E-state index contributed by atoms with van der Waals surface area (Å²) < 4.78 is 1.88. The van der Waals surface area contributed by atoms with Gasteiger partial charge in [-0.3, -0.25) is 4.79 Å². The minimum Gasteiger partial charge on any atom is -0.339 e. The van der Waals surface area contributed by atoms with Crippen LogP contribution in [0.25, 0.3) is 11.0 Å². The first-order chi connectivity index (χ1) is 14.2. The van der Waals surface area contributed by atoms with Gasteiger partial charge in [0.1, 0.15) is 0 Å². The van der Waals surface area contributed by atoms with Crippen LogP contribution in [-0.4, -0.2) is 63.2 Å². The van der Waals surface area contributed by atoms with Crippen LogP contribution < -0.4 is 0 Å². The second kappa shape index (κ2) is 8.74. The van der Waals surface area contributed by atoms with Crippen LogP contribution in [0, 0.1) is 0 Å². The van der Waals surface area contributed by atoms with E-state index in [0.29, 0.717) is 18.2 Å². The van der Waals surface area contributed by atoms with E-state index in [1.54, 1.807) is 12.4 Å². The molecule has 3 aromatic rings. The van der Waals surface area contributed by atoms with Gasteiger partial charge in [0.25, 0.3) is 5.91 Å². The molecule has 2 aromatic heterocycles. The summed E-state index contributed by atoms with van der Waals surface area (Å²) in [5.41, 5.74) is 2.62. The van der Waals surface area contributed by atoms with Gasteiger partial charge in [-0.15, -0.1) is 0 Å². The molecule has 0 unspecified atom stereocenters. The second-order valence-electron chi connectivity index (χ2n) is 7.91. The Morgan fingerprint density at radius 2 is 1.93 bits per heavy atom. The van der Waals surface area contributed by atoms with E-state index in [2.05, 4.69) is 34.0 Å². The molecule has 1 aliphatic heterocycles. The van der Waals surface area contributed by atoms with Crippen molar-refractivity contribution in [2.24, 2.45) is 0 Å². The van der Waals surface area contributed by atoms with Crippen LogP contribution in [0.15, 0.2) is 48.8 Å². The van der Waals surface area contributed by atoms with Gasteiger partial charge in [0.15, 0.2) is 5.65 Å². The predicted octanol–water partition coefficient (Wildman–Crippen LogP) is 3.43. The molecule has 1 fully saturated rings. The van der Waals surface area contributed by atoms with Crippen molar-refractivity contribution in [3.05, 3.63) is 59.9 Å². The van der Waals surface area contributed by atoms with E-state index in [0.717, 1.165) is 43.5 Å². The van der Waals surface area contributed by atoms with Crippen molar-refractivity contribution < 1.29 is 4.79 Å². The number of hydrogen-bond donors (Lipinski definition) is 0. The minimum absolute atomic E-state index is 0.0455. The Labute approximate surface area is 172 Å². The number of carbonyl (C=O) groups is 1. The summed E-state index contributed by atoms with van der Waals surface area (Å²) in [6, 6.07) is 12.4. The number of nitrogens with zero attached hydrogens (tertiary/aromatic N) is 5. The molecule has 152 valence electrons. The highest BCUT2D eigenvalue weighted by Crippen LogP contribution is 2.20. The SMILES string of the molecule is CCCN1CCC(N(C)C(=O)c2cnc3c(cnn3Cc3ccccc3)c2)CC1. The first kappa shape index (κ1) is 19.6. The third-order valence-corrected chi connectivity index (χ3v) is 5.86. The molecular weight excluding hydrogens is 362 g/mol. The maximum Gasteiger partial charge on any atom is 0.255 e. The quantitative estimate of drug-likeness (QED) is 0.646. The van der Waals surface area contributed by atoms with E-state index >= 15 is 0 Å². The molecule has 0 radical (unpaired) electrons. The number of pyridine rings is 1. The molecule has 0 aliphatic carbocycles. The Bertz CT molecular complexity index is 960. The highest BCUT2D eigenvalue weighted by atomic mass is 16.2. The van der Waals surface area contributed by atoms with Crippen LogP contribution in [0.2, 0.25) is 0 Å². The lowest BCUT2D eigenvalue weighted by atomic mass is 10.0. The van der Waals surface area contributed by atoms with Gasteiger partial charge in [-0.1, -0.05) is 37.3 Å². The Morgan fingerprint density at radius 3 is 2.66 bits per heavy atom. The normalized spacial score (nSPS) is 15.7. The van der Waals surface area contributed by atoms with E-state index in [1.807, 2.05) is 40.9 Å². The van der Waals surface area contributed by atoms with Crippen molar-refractivity contribution in [1.29, 1.82) is 0 Å². The largest absolute Gasteiger partial charge is 0.339 e. The minimum atomic E-state index is 0.0455. The van der Waals surface area contributed by atoms with E-state index < -0.39 is 0 Å². The number of piperidine rings is 1. The Kier molecular flexibility index (Phi) is 5.90. The fraction of sp³-hybridized carbons (Fsp3) is 0.435. The van der Waals surface area contributed by atoms with Gasteiger partial charge in [0.2, 0.25) is 0 Å². The second-order valence-corrected chi connectivity index (χ2v) is 7.91. The van der Waals surface area contributed by atoms with Gasteiger partial charge in [-0.25, -0.2) is 9.67 Å². The molecule has 1 saturated heterocycles. The number of amides is 1. The highest BCUT2D eigenvalue weighted by molar-refractivity contribution is 5.96. The first-order valence-corrected chi connectivity index (χ1v) is 10.5. The van der Waals surface area contributed by atoms with E-state index in [4.69, 9.17) is 0 Å². The molecule has 0 bridgehead atoms. The molecule has 0 saturated carbocycles. The number of fused-ring (bicyclic) bond motifs is 1. The molecule has 1 aliphatic rings. The van der Waals surface area contributed by atoms with Gasteiger partial charge >= 0.3 is 0 Å². The van der Waals surface area contributed by atoms with E-state index in [1.165, 1.54) is 12.0 Å². The van der Waals surface area contributed by atoms with Crippen LogP contribution in [0.3, 0.4) is 0 Å². The van der Waals surface area contributed by atoms with E-state index in [-0.39, 0.29) is 5.91 Å². The maximum absolute atomic E-state index is 13.0. The van der Waals surface area contributed by atoms with Crippen LogP contribution in [-0.2, 0) is 6.54 Å². The van der Waals surface area contributed by atoms with Crippen molar-refractivity contribution >= 4 is 16.9 Å². The maximum atomic E-state index is 13.0. The van der Waals surface area contributed by atoms with Gasteiger partial charge in [0, 0.05) is 37.8 Å². The zero-order valence-electron chi connectivity index (χ0n) is 17.3. The summed E-state index contributed by atoms with van der Waals surface area (Å²) in [6.45, 7) is 6.17. The first-order valence-electron chi connectivity index (χ1n) is 10.5. The standard InChI is InChI=1S/C23H29N5O/c1-3-11-27-12-9-21(10-13-27)26(2)23(29)20-14-19-16-25-28(22(19)24-15-20)17-18-7-5-4-6-8-18/h4-8,14-16,21H,3,9-13,17H2,1-2H3. The van der Waals surface area contributed by atoms with Gasteiger partial charge in [-0.05, 0) is 37.4 Å². The van der Waals surface area contributed by atoms with Crippen LogP contribution in [0.4, 0.5) is 0 Å². The monoisotopic (exact) mass is 391 g/mol. The third-order valence-electron chi connectivity index (χ3n) is 5.86. The molecule has 0 N–H and O–H groups in total. The lowest BCUT2D eigenvalue weighted by molar-refractivity contribution is 0.0642. The molecule has 0 atom stereocenters. The summed E-state index contributed by atoms with van der Waals surface area (Å²) in [5.74, 6) is 0.0455. The zero-order valence-corrected chi connectivity index (χ0v) is 17.3. The Balaban J connectivity index is 1.46. The molecule has 4 rings (SSSR count). The number of rotatable bonds is 6. The van der Waals surface area contributed by atoms with Crippen molar-refractivity contribution in [3.8, 4) is 0 Å². The number of carbonyl (C=O) groups excluding carboxylic acids is 1. The fourth-order valence-electron chi connectivity index (χ4n) is 4.18. The average Bonchev–Trinajstić information content (AvgIpc) is 3.16. The Morgan fingerprint density at radius 1 is 1.17 bits per heavy atom. The molecule has 1 aromatic carbocycles. The topological polar surface area (TPSA) is 54.3 Å². The van der Waals surface area contributed by atoms with Crippen LogP contribution >= 0.6 is 0 Å². The lowest BCUT2D eigenvalue weighted by Crippen LogP contribution is -2.45. The third kappa shape index (κ3) is 4.32. The molecule has 29 heavy (non-hydrogen) atoms. The molecular formula is C23H29N5O. The molecule has 6 nitrogen and oxygen atoms in total. The predicted molar refractivity (Wildman–Crippen MR) is 115 cm³/mol. The Hall–Kier alpha value is -2.73. The average molecular weight is 392 g/mol. The fourth-order valence-corrected chi connectivity index (χ4v) is 4.18. The number of hydrogen-bond acceptors (Lipinski definition) is 4. The van der Waals surface area contributed by atoms with Crippen LogP contribution in [0.5, 0.6) is 0 Å². The summed E-state index contributed by atoms with van der Waals surface area (Å²) >= 11 is 0. The zero-order chi connectivity index (χ0) is 20.2. The van der Waals surface area contributed by atoms with Crippen molar-refractivity contribution in [1.82, 2.24) is 24.6 Å². The summed E-state index contributed by atoms with van der Waals surface area (Å²) in [4.78, 5) is 22.0. The summed E-state index contributed by atoms with van der Waals surface area (Å²) in [7, 11) is 1.92. The van der Waals surface area contributed by atoms with Crippen LogP contribution in [0.1, 0.15) is 42.1 Å². The lowest BCUT2D eigenvalue weighted by Gasteiger charge is -2.36. The highest BCUT2D eigenvalue weighted by Gasteiger charge is 2.26.